The van der Waals surface area contributed by atoms with Gasteiger partial charge in [-0.1, -0.05) is 54.6 Å². The first-order valence-electron chi connectivity index (χ1n) is 11.2. The number of hydrogen-bond donors (Lipinski definition) is 1. The van der Waals surface area contributed by atoms with E-state index in [2.05, 4.69) is 97.6 Å². The SMILES string of the molecule is CC[NH+](CC)C1C=CC(=C(c2ccccc2)c2ccc(N3CCCC3)cc2)C=C1. The van der Waals surface area contributed by atoms with Crippen molar-refractivity contribution in [3.05, 3.63) is 95.6 Å². The predicted octanol–water partition coefficient (Wildman–Crippen LogP) is 4.51. The average molecular weight is 386 g/mol. The molecule has 0 bridgehead atoms. The number of anilines is 1. The van der Waals surface area contributed by atoms with Crippen molar-refractivity contribution in [3.8, 4) is 0 Å². The summed E-state index contributed by atoms with van der Waals surface area (Å²) in [4.78, 5) is 4.10. The largest absolute Gasteiger partial charge is 0.372 e. The highest BCUT2D eigenvalue weighted by Crippen LogP contribution is 2.31. The Hall–Kier alpha value is -2.58. The Bertz CT molecular complexity index is 864. The maximum atomic E-state index is 2.50. The molecule has 2 nitrogen and oxygen atoms in total. The smallest absolute Gasteiger partial charge is 0.125 e. The summed E-state index contributed by atoms with van der Waals surface area (Å²) in [6.45, 7) is 9.21. The lowest BCUT2D eigenvalue weighted by Crippen LogP contribution is -3.14. The van der Waals surface area contributed by atoms with Crippen molar-refractivity contribution in [3.63, 3.8) is 0 Å². The molecule has 2 heteroatoms. The average Bonchev–Trinajstić information content (AvgIpc) is 3.32. The Kier molecular flexibility index (Phi) is 6.31. The second kappa shape index (κ2) is 9.28. The van der Waals surface area contributed by atoms with Crippen LogP contribution in [-0.4, -0.2) is 32.2 Å². The molecule has 150 valence electrons. The van der Waals surface area contributed by atoms with Crippen LogP contribution >= 0.6 is 0 Å². The fourth-order valence-corrected chi connectivity index (χ4v) is 4.61. The van der Waals surface area contributed by atoms with Gasteiger partial charge in [-0.2, -0.15) is 0 Å². The molecule has 1 aliphatic carbocycles. The van der Waals surface area contributed by atoms with Crippen molar-refractivity contribution >= 4 is 11.3 Å². The van der Waals surface area contributed by atoms with Crippen LogP contribution in [0.25, 0.3) is 5.57 Å². The van der Waals surface area contributed by atoms with Crippen LogP contribution in [-0.2, 0) is 0 Å². The van der Waals surface area contributed by atoms with Crippen molar-refractivity contribution in [2.45, 2.75) is 32.7 Å². The highest BCUT2D eigenvalue weighted by Gasteiger charge is 2.18. The van der Waals surface area contributed by atoms with Gasteiger partial charge in [-0.15, -0.1) is 0 Å². The van der Waals surface area contributed by atoms with Gasteiger partial charge in [0.1, 0.15) is 6.04 Å². The van der Waals surface area contributed by atoms with Crippen LogP contribution in [0.15, 0.2) is 84.5 Å². The zero-order valence-corrected chi connectivity index (χ0v) is 17.8. The fraction of sp³-hybridized carbons (Fsp3) is 0.333. The lowest BCUT2D eigenvalue weighted by molar-refractivity contribution is -0.908. The standard InChI is InChI=1S/C27H32N2/c1-3-28(4-2)25-16-12-23(13-17-25)27(22-10-6-5-7-11-22)24-14-18-26(19-15-24)29-20-8-9-21-29/h5-7,10-19,25H,3-4,8-9,20-21H2,1-2H3/p+1. The molecule has 0 spiro atoms. The first-order valence-corrected chi connectivity index (χ1v) is 11.2. The third-order valence-electron chi connectivity index (χ3n) is 6.32. The molecule has 0 radical (unpaired) electrons. The van der Waals surface area contributed by atoms with Crippen molar-refractivity contribution in [1.82, 2.24) is 0 Å². The Morgan fingerprint density at radius 2 is 1.41 bits per heavy atom. The summed E-state index contributed by atoms with van der Waals surface area (Å²) in [5, 5.41) is 0. The first-order chi connectivity index (χ1) is 14.3. The molecule has 1 heterocycles. The highest BCUT2D eigenvalue weighted by molar-refractivity contribution is 5.86. The van der Waals surface area contributed by atoms with E-state index in [1.165, 1.54) is 53.9 Å². The number of nitrogens with zero attached hydrogens (tertiary/aromatic N) is 1. The van der Waals surface area contributed by atoms with Crippen LogP contribution in [0.2, 0.25) is 0 Å². The fourth-order valence-electron chi connectivity index (χ4n) is 4.61. The molecule has 0 atom stereocenters. The van der Waals surface area contributed by atoms with Gasteiger partial charge < -0.3 is 9.80 Å². The molecule has 2 aliphatic rings. The van der Waals surface area contributed by atoms with Crippen LogP contribution in [0, 0.1) is 0 Å². The van der Waals surface area contributed by atoms with Gasteiger partial charge >= 0.3 is 0 Å². The second-order valence-electron chi connectivity index (χ2n) is 8.05. The summed E-state index contributed by atoms with van der Waals surface area (Å²) in [7, 11) is 0. The molecule has 1 aliphatic heterocycles. The number of benzene rings is 2. The molecule has 0 unspecified atom stereocenters. The number of rotatable bonds is 6. The number of quaternary nitrogens is 1. The van der Waals surface area contributed by atoms with Gasteiger partial charge in [-0.05, 0) is 73.2 Å². The topological polar surface area (TPSA) is 7.68 Å². The summed E-state index contributed by atoms with van der Waals surface area (Å²) in [5.74, 6) is 0. The minimum Gasteiger partial charge on any atom is -0.372 e. The Labute approximate surface area is 175 Å². The van der Waals surface area contributed by atoms with E-state index in [1.54, 1.807) is 4.90 Å². The van der Waals surface area contributed by atoms with Crippen molar-refractivity contribution in [2.24, 2.45) is 0 Å². The van der Waals surface area contributed by atoms with E-state index >= 15 is 0 Å². The maximum absolute atomic E-state index is 2.50. The zero-order valence-electron chi connectivity index (χ0n) is 17.8. The predicted molar refractivity (Wildman–Crippen MR) is 124 cm³/mol. The molecule has 1 fully saturated rings. The second-order valence-corrected chi connectivity index (χ2v) is 8.05. The van der Waals surface area contributed by atoms with E-state index < -0.39 is 0 Å². The van der Waals surface area contributed by atoms with E-state index in [0.29, 0.717) is 6.04 Å². The Morgan fingerprint density at radius 1 is 0.828 bits per heavy atom. The maximum Gasteiger partial charge on any atom is 0.125 e. The highest BCUT2D eigenvalue weighted by atomic mass is 15.1. The monoisotopic (exact) mass is 385 g/mol. The van der Waals surface area contributed by atoms with Crippen LogP contribution in [0.3, 0.4) is 0 Å². The van der Waals surface area contributed by atoms with Gasteiger partial charge in [0, 0.05) is 18.8 Å². The van der Waals surface area contributed by atoms with Crippen molar-refractivity contribution in [1.29, 1.82) is 0 Å². The minimum absolute atomic E-state index is 0.475. The molecule has 0 aromatic heterocycles. The van der Waals surface area contributed by atoms with Gasteiger partial charge in [0.05, 0.1) is 13.1 Å². The molecule has 2 aromatic rings. The molecule has 29 heavy (non-hydrogen) atoms. The van der Waals surface area contributed by atoms with Gasteiger partial charge in [0.2, 0.25) is 0 Å². The number of nitrogens with one attached hydrogen (secondary N) is 1. The zero-order chi connectivity index (χ0) is 20.1. The minimum atomic E-state index is 0.475. The van der Waals surface area contributed by atoms with Crippen LogP contribution < -0.4 is 9.80 Å². The quantitative estimate of drug-likeness (QED) is 0.769. The summed E-state index contributed by atoms with van der Waals surface area (Å²) in [6.07, 6.45) is 12.0. The Morgan fingerprint density at radius 3 is 2.00 bits per heavy atom. The van der Waals surface area contributed by atoms with Crippen LogP contribution in [0.5, 0.6) is 0 Å². The molecule has 4 rings (SSSR count). The summed E-state index contributed by atoms with van der Waals surface area (Å²) >= 11 is 0. The summed E-state index contributed by atoms with van der Waals surface area (Å²) in [6, 6.07) is 20.5. The lowest BCUT2D eigenvalue weighted by Gasteiger charge is -2.24. The lowest BCUT2D eigenvalue weighted by atomic mass is 9.90. The van der Waals surface area contributed by atoms with E-state index in [0.717, 1.165) is 13.1 Å². The molecular weight excluding hydrogens is 352 g/mol. The number of allylic oxidation sites excluding steroid dienone is 3. The van der Waals surface area contributed by atoms with Gasteiger partial charge in [0.25, 0.3) is 0 Å². The number of hydrogen-bond acceptors (Lipinski definition) is 1. The molecule has 2 aromatic carbocycles. The first kappa shape index (κ1) is 19.7. The molecular formula is C27H33N2+. The third-order valence-corrected chi connectivity index (χ3v) is 6.32. The van der Waals surface area contributed by atoms with Gasteiger partial charge in [0.15, 0.2) is 0 Å². The van der Waals surface area contributed by atoms with E-state index in [-0.39, 0.29) is 0 Å². The van der Waals surface area contributed by atoms with Crippen molar-refractivity contribution in [2.75, 3.05) is 31.1 Å². The van der Waals surface area contributed by atoms with Gasteiger partial charge in [-0.3, -0.25) is 0 Å². The van der Waals surface area contributed by atoms with Crippen LogP contribution in [0.4, 0.5) is 5.69 Å². The number of likely N-dealkylation sites (N-methyl/N-ethyl adjacent to an activating group) is 1. The van der Waals surface area contributed by atoms with Crippen molar-refractivity contribution < 1.29 is 4.90 Å². The molecule has 0 amide bonds. The third kappa shape index (κ3) is 4.38. The molecule has 0 saturated carbocycles. The van der Waals surface area contributed by atoms with E-state index in [9.17, 15) is 0 Å². The van der Waals surface area contributed by atoms with E-state index in [4.69, 9.17) is 0 Å². The van der Waals surface area contributed by atoms with Gasteiger partial charge in [-0.25, -0.2) is 0 Å². The summed E-state index contributed by atoms with van der Waals surface area (Å²) in [5.41, 5.74) is 6.53. The normalized spacial score (nSPS) is 18.7. The van der Waals surface area contributed by atoms with E-state index in [1.807, 2.05) is 0 Å². The summed E-state index contributed by atoms with van der Waals surface area (Å²) < 4.78 is 0. The molecule has 1 N–H and O–H groups in total. The Balaban J connectivity index is 1.69. The molecule has 1 saturated heterocycles. The van der Waals surface area contributed by atoms with Crippen LogP contribution in [0.1, 0.15) is 37.8 Å².